The molecule has 0 radical (unpaired) electrons. The number of pyridine rings is 1. The van der Waals surface area contributed by atoms with Crippen LogP contribution in [0.5, 0.6) is 0 Å². The minimum absolute atomic E-state index is 0.374. The molecule has 0 saturated heterocycles. The Labute approximate surface area is 90.1 Å². The summed E-state index contributed by atoms with van der Waals surface area (Å²) in [4.78, 5) is 8.23. The number of aromatic amines is 2. The Balaban J connectivity index is 2.59. The van der Waals surface area contributed by atoms with Crippen LogP contribution >= 0.6 is 24.4 Å². The van der Waals surface area contributed by atoms with Gasteiger partial charge in [0.05, 0.1) is 0 Å². The van der Waals surface area contributed by atoms with Gasteiger partial charge in [0.1, 0.15) is 5.69 Å². The topological polar surface area (TPSA) is 57.4 Å². The van der Waals surface area contributed by atoms with Gasteiger partial charge in [-0.1, -0.05) is 30.5 Å². The van der Waals surface area contributed by atoms with Crippen molar-refractivity contribution < 1.29 is 0 Å². The molecule has 14 heavy (non-hydrogen) atoms. The number of hydrogen-bond acceptors (Lipinski definition) is 4. The molecule has 4 nitrogen and oxygen atoms in total. The molecule has 0 fully saturated rings. The summed E-state index contributed by atoms with van der Waals surface area (Å²) < 4.78 is 0.805. The molecule has 0 amide bonds. The summed E-state index contributed by atoms with van der Waals surface area (Å²) in [6.45, 7) is 0. The summed E-state index contributed by atoms with van der Waals surface area (Å²) >= 11 is 9.84. The van der Waals surface area contributed by atoms with E-state index in [2.05, 4.69) is 20.2 Å². The Morgan fingerprint density at radius 3 is 2.64 bits per heavy atom. The quantitative estimate of drug-likeness (QED) is 0.727. The first-order chi connectivity index (χ1) is 6.77. The molecule has 2 aromatic rings. The molecule has 0 aliphatic rings. The highest BCUT2D eigenvalue weighted by Crippen LogP contribution is 2.08. The van der Waals surface area contributed by atoms with Gasteiger partial charge in [0.25, 0.3) is 0 Å². The van der Waals surface area contributed by atoms with E-state index in [0.717, 1.165) is 5.69 Å². The van der Waals surface area contributed by atoms with Crippen molar-refractivity contribution in [2.45, 2.75) is 0 Å². The van der Waals surface area contributed by atoms with Crippen molar-refractivity contribution in [3.05, 3.63) is 33.7 Å². The second-order valence-electron chi connectivity index (χ2n) is 2.56. The molecule has 6 heteroatoms. The van der Waals surface area contributed by atoms with E-state index in [1.54, 1.807) is 6.20 Å². The second kappa shape index (κ2) is 3.77. The van der Waals surface area contributed by atoms with Crippen molar-refractivity contribution in [3.8, 4) is 11.5 Å². The van der Waals surface area contributed by atoms with Gasteiger partial charge in [0.2, 0.25) is 0 Å². The van der Waals surface area contributed by atoms with Crippen LogP contribution in [0.4, 0.5) is 0 Å². The van der Waals surface area contributed by atoms with E-state index in [9.17, 15) is 0 Å². The predicted octanol–water partition coefficient (Wildman–Crippen LogP) is 2.26. The Morgan fingerprint density at radius 2 is 2.00 bits per heavy atom. The molecular formula is C8H6N4S2. The number of H-pyrrole nitrogens is 2. The number of nitrogens with one attached hydrogen (secondary N) is 2. The summed E-state index contributed by atoms with van der Waals surface area (Å²) in [5.74, 6) is 0.587. The van der Waals surface area contributed by atoms with E-state index in [1.807, 2.05) is 18.2 Å². The fourth-order valence-corrected chi connectivity index (χ4v) is 1.21. The van der Waals surface area contributed by atoms with Crippen LogP contribution in [-0.4, -0.2) is 20.2 Å². The number of rotatable bonds is 1. The van der Waals surface area contributed by atoms with E-state index in [1.165, 1.54) is 0 Å². The smallest absolute Gasteiger partial charge is 0.172 e. The molecule has 0 aromatic carbocycles. The zero-order valence-electron chi connectivity index (χ0n) is 7.02. The molecule has 0 spiro atoms. The predicted molar refractivity (Wildman–Crippen MR) is 57.8 cm³/mol. The molecule has 0 saturated carbocycles. The van der Waals surface area contributed by atoms with Crippen molar-refractivity contribution in [3.63, 3.8) is 0 Å². The summed E-state index contributed by atoms with van der Waals surface area (Å²) in [5.41, 5.74) is 0.727. The van der Waals surface area contributed by atoms with Gasteiger partial charge < -0.3 is 0 Å². The van der Waals surface area contributed by atoms with E-state index in [0.29, 0.717) is 15.1 Å². The second-order valence-corrected chi connectivity index (χ2v) is 3.35. The van der Waals surface area contributed by atoms with E-state index < -0.39 is 0 Å². The fraction of sp³-hybridized carbons (Fsp3) is 0. The number of nitrogens with zero attached hydrogens (tertiary/aromatic N) is 2. The van der Waals surface area contributed by atoms with E-state index >= 15 is 0 Å². The highest BCUT2D eigenvalue weighted by Gasteiger charge is 1.99. The monoisotopic (exact) mass is 222 g/mol. The third-order valence-electron chi connectivity index (χ3n) is 1.61. The van der Waals surface area contributed by atoms with Crippen molar-refractivity contribution >= 4 is 24.4 Å². The molecule has 2 N–H and O–H groups in total. The van der Waals surface area contributed by atoms with Gasteiger partial charge in [-0.05, 0) is 12.1 Å². The van der Waals surface area contributed by atoms with Crippen molar-refractivity contribution in [2.24, 2.45) is 0 Å². The zero-order chi connectivity index (χ0) is 9.97. The molecule has 0 aliphatic carbocycles. The van der Waals surface area contributed by atoms with Gasteiger partial charge >= 0.3 is 0 Å². The van der Waals surface area contributed by atoms with Gasteiger partial charge in [-0.2, -0.15) is 0 Å². The first-order valence-electron chi connectivity index (χ1n) is 3.88. The molecule has 2 heterocycles. The standard InChI is InChI=1S/C8H6N4S2/c13-7-8(14)12-11-6(10-7)5-3-1-2-4-9-5/h1-4H,(H,12,14)(H,10,11,13). The van der Waals surface area contributed by atoms with Crippen LogP contribution in [0.1, 0.15) is 0 Å². The average molecular weight is 222 g/mol. The molecule has 70 valence electrons. The van der Waals surface area contributed by atoms with Crippen LogP contribution in [0.2, 0.25) is 0 Å². The van der Waals surface area contributed by atoms with E-state index in [-0.39, 0.29) is 0 Å². The average Bonchev–Trinajstić information content (AvgIpc) is 2.23. The SMILES string of the molecule is S=c1nc(-c2ccccn2)[nH][nH]c1=S. The first kappa shape index (κ1) is 9.17. The van der Waals surface area contributed by atoms with Crippen LogP contribution in [0.25, 0.3) is 11.5 Å². The van der Waals surface area contributed by atoms with Crippen LogP contribution in [0.15, 0.2) is 24.4 Å². The highest BCUT2D eigenvalue weighted by molar-refractivity contribution is 7.73. The van der Waals surface area contributed by atoms with Gasteiger partial charge in [0, 0.05) is 6.20 Å². The Kier molecular flexibility index (Phi) is 2.47. The lowest BCUT2D eigenvalue weighted by molar-refractivity contribution is 0.948. The highest BCUT2D eigenvalue weighted by atomic mass is 32.1. The van der Waals surface area contributed by atoms with Crippen LogP contribution in [0, 0.1) is 9.28 Å². The van der Waals surface area contributed by atoms with E-state index in [4.69, 9.17) is 24.4 Å². The molecule has 0 unspecified atom stereocenters. The lowest BCUT2D eigenvalue weighted by atomic mass is 10.3. The summed E-state index contributed by atoms with van der Waals surface area (Å²) in [6.07, 6.45) is 1.69. The number of aromatic nitrogens is 4. The molecule has 2 rings (SSSR count). The molecule has 0 atom stereocenters. The fourth-order valence-electron chi connectivity index (χ4n) is 0.974. The molecule has 0 aliphatic heterocycles. The van der Waals surface area contributed by atoms with Gasteiger partial charge in [-0.15, -0.1) is 0 Å². The summed E-state index contributed by atoms with van der Waals surface area (Å²) in [5, 5.41) is 5.57. The molecule has 0 bridgehead atoms. The van der Waals surface area contributed by atoms with Gasteiger partial charge in [-0.25, -0.2) is 4.98 Å². The lowest BCUT2D eigenvalue weighted by Crippen LogP contribution is -1.94. The summed E-state index contributed by atoms with van der Waals surface area (Å²) in [7, 11) is 0. The normalized spacial score (nSPS) is 10.0. The Hall–Kier alpha value is -1.40. The lowest BCUT2D eigenvalue weighted by Gasteiger charge is -1.98. The maximum Gasteiger partial charge on any atom is 0.172 e. The van der Waals surface area contributed by atoms with Gasteiger partial charge in [-0.3, -0.25) is 15.2 Å². The maximum atomic E-state index is 4.95. The van der Waals surface area contributed by atoms with Crippen LogP contribution in [0.3, 0.4) is 0 Å². The maximum absolute atomic E-state index is 4.95. The third kappa shape index (κ3) is 1.75. The van der Waals surface area contributed by atoms with Gasteiger partial charge in [0.15, 0.2) is 15.1 Å². The van der Waals surface area contributed by atoms with Crippen molar-refractivity contribution in [1.29, 1.82) is 0 Å². The van der Waals surface area contributed by atoms with Crippen LogP contribution < -0.4 is 0 Å². The first-order valence-corrected chi connectivity index (χ1v) is 4.69. The van der Waals surface area contributed by atoms with Crippen LogP contribution in [-0.2, 0) is 0 Å². The minimum atomic E-state index is 0.374. The molecular weight excluding hydrogens is 216 g/mol. The zero-order valence-corrected chi connectivity index (χ0v) is 8.65. The molecule has 2 aromatic heterocycles. The Bertz CT molecular complexity index is 543. The Morgan fingerprint density at radius 1 is 1.14 bits per heavy atom. The number of hydrogen-bond donors (Lipinski definition) is 2. The van der Waals surface area contributed by atoms with Crippen molar-refractivity contribution in [2.75, 3.05) is 0 Å². The summed E-state index contributed by atoms with van der Waals surface area (Å²) in [6, 6.07) is 5.55. The minimum Gasteiger partial charge on any atom is -0.287 e. The third-order valence-corrected chi connectivity index (χ3v) is 2.33. The largest absolute Gasteiger partial charge is 0.287 e. The van der Waals surface area contributed by atoms with Crippen molar-refractivity contribution in [1.82, 2.24) is 20.2 Å².